The second-order valence-corrected chi connectivity index (χ2v) is 7.55. The van der Waals surface area contributed by atoms with Gasteiger partial charge in [-0.15, -0.1) is 11.3 Å². The third-order valence-electron chi connectivity index (χ3n) is 5.02. The van der Waals surface area contributed by atoms with Gasteiger partial charge in [0.15, 0.2) is 0 Å². The van der Waals surface area contributed by atoms with Crippen molar-refractivity contribution in [3.05, 3.63) is 28.1 Å². The Kier molecular flexibility index (Phi) is 5.56. The predicted molar refractivity (Wildman–Crippen MR) is 98.1 cm³/mol. The summed E-state index contributed by atoms with van der Waals surface area (Å²) in [5.41, 5.74) is 1.08. The van der Waals surface area contributed by atoms with Crippen molar-refractivity contribution in [1.82, 2.24) is 14.7 Å². The number of hydrogen-bond donors (Lipinski definition) is 0. The minimum absolute atomic E-state index is 0.202. The van der Waals surface area contributed by atoms with Gasteiger partial charge in [-0.2, -0.15) is 0 Å². The van der Waals surface area contributed by atoms with E-state index in [4.69, 9.17) is 4.74 Å². The molecule has 1 aromatic rings. The molecule has 136 valence electrons. The zero-order valence-corrected chi connectivity index (χ0v) is 15.8. The van der Waals surface area contributed by atoms with Crippen molar-refractivity contribution >= 4 is 28.7 Å². The summed E-state index contributed by atoms with van der Waals surface area (Å²) < 4.78 is 5.07. The Balaban J connectivity index is 1.93. The Labute approximate surface area is 152 Å². The molecule has 0 unspecified atom stereocenters. The minimum Gasteiger partial charge on any atom is -0.383 e. The van der Waals surface area contributed by atoms with Gasteiger partial charge in [-0.05, 0) is 44.4 Å². The third-order valence-corrected chi connectivity index (χ3v) is 5.91. The number of imide groups is 1. The first-order valence-electron chi connectivity index (χ1n) is 8.59. The highest BCUT2D eigenvalue weighted by molar-refractivity contribution is 7.11. The van der Waals surface area contributed by atoms with Crippen LogP contribution in [0.1, 0.15) is 17.7 Å². The van der Waals surface area contributed by atoms with E-state index in [1.807, 2.05) is 29.5 Å². The number of ether oxygens (including phenoxy) is 1. The second kappa shape index (κ2) is 7.68. The van der Waals surface area contributed by atoms with Crippen molar-refractivity contribution in [2.75, 3.05) is 47.4 Å². The van der Waals surface area contributed by atoms with E-state index < -0.39 is 0 Å². The average Bonchev–Trinajstić information content (AvgIpc) is 3.20. The molecule has 0 saturated carbocycles. The Morgan fingerprint density at radius 2 is 2.00 bits per heavy atom. The number of rotatable bonds is 6. The van der Waals surface area contributed by atoms with E-state index in [2.05, 4.69) is 11.9 Å². The fraction of sp³-hybridized carbons (Fsp3) is 0.556. The van der Waals surface area contributed by atoms with Gasteiger partial charge in [0.1, 0.15) is 5.70 Å². The van der Waals surface area contributed by atoms with Gasteiger partial charge in [0.05, 0.1) is 18.7 Å². The molecule has 0 radical (unpaired) electrons. The van der Waals surface area contributed by atoms with E-state index in [9.17, 15) is 9.59 Å². The van der Waals surface area contributed by atoms with Crippen molar-refractivity contribution in [2.24, 2.45) is 0 Å². The lowest BCUT2D eigenvalue weighted by Gasteiger charge is -2.36. The highest BCUT2D eigenvalue weighted by atomic mass is 32.1. The van der Waals surface area contributed by atoms with E-state index in [-0.39, 0.29) is 24.4 Å². The molecule has 2 amide bonds. The number of methoxy groups -OCH3 is 1. The summed E-state index contributed by atoms with van der Waals surface area (Å²) in [7, 11) is 5.64. The first-order valence-corrected chi connectivity index (χ1v) is 9.47. The molecule has 0 aliphatic carbocycles. The molecule has 2 aliphatic rings. The van der Waals surface area contributed by atoms with Crippen LogP contribution in [0.15, 0.2) is 23.2 Å². The van der Waals surface area contributed by atoms with Crippen LogP contribution in [0, 0.1) is 0 Å². The van der Waals surface area contributed by atoms with Crippen LogP contribution < -0.4 is 0 Å². The van der Waals surface area contributed by atoms with E-state index in [0.29, 0.717) is 17.9 Å². The molecule has 0 atom stereocenters. The quantitative estimate of drug-likeness (QED) is 0.717. The van der Waals surface area contributed by atoms with Gasteiger partial charge in [-0.1, -0.05) is 6.07 Å². The van der Waals surface area contributed by atoms with Gasteiger partial charge < -0.3 is 14.5 Å². The molecule has 2 aliphatic heterocycles. The Morgan fingerprint density at radius 1 is 1.28 bits per heavy atom. The summed E-state index contributed by atoms with van der Waals surface area (Å²) in [6.45, 7) is 2.65. The summed E-state index contributed by atoms with van der Waals surface area (Å²) in [5, 5.41) is 1.94. The molecule has 7 heteroatoms. The molecule has 0 aromatic carbocycles. The van der Waals surface area contributed by atoms with E-state index in [1.165, 1.54) is 16.2 Å². The number of carbonyl (C=O) groups is 2. The van der Waals surface area contributed by atoms with E-state index in [1.54, 1.807) is 7.11 Å². The zero-order chi connectivity index (χ0) is 18.0. The number of amides is 2. The van der Waals surface area contributed by atoms with Crippen LogP contribution >= 0.6 is 11.3 Å². The maximum atomic E-state index is 13.0. The zero-order valence-electron chi connectivity index (χ0n) is 15.0. The maximum Gasteiger partial charge on any atom is 0.277 e. The van der Waals surface area contributed by atoms with Crippen LogP contribution in [-0.2, 0) is 14.3 Å². The molecule has 0 bridgehead atoms. The molecule has 0 spiro atoms. The van der Waals surface area contributed by atoms with Gasteiger partial charge in [0.25, 0.3) is 11.8 Å². The summed E-state index contributed by atoms with van der Waals surface area (Å²) in [5.74, 6) is -0.411. The fourth-order valence-corrected chi connectivity index (χ4v) is 4.25. The molecule has 6 nitrogen and oxygen atoms in total. The van der Waals surface area contributed by atoms with Crippen molar-refractivity contribution in [3.63, 3.8) is 0 Å². The van der Waals surface area contributed by atoms with Crippen LogP contribution in [0.5, 0.6) is 0 Å². The van der Waals surface area contributed by atoms with Crippen LogP contribution in [-0.4, -0.2) is 80.0 Å². The molecule has 25 heavy (non-hydrogen) atoms. The Bertz CT molecular complexity index is 663. The number of thiophene rings is 1. The fourth-order valence-electron chi connectivity index (χ4n) is 3.48. The topological polar surface area (TPSA) is 53.1 Å². The lowest BCUT2D eigenvalue weighted by Crippen LogP contribution is -2.44. The van der Waals surface area contributed by atoms with Crippen molar-refractivity contribution in [2.45, 2.75) is 18.9 Å². The summed E-state index contributed by atoms with van der Waals surface area (Å²) in [6, 6.07) is 4.10. The number of carbonyl (C=O) groups excluding carboxylic acids is 2. The maximum absolute atomic E-state index is 13.0. The molecular weight excluding hydrogens is 338 g/mol. The van der Waals surface area contributed by atoms with Crippen LogP contribution in [0.25, 0.3) is 5.57 Å². The largest absolute Gasteiger partial charge is 0.383 e. The van der Waals surface area contributed by atoms with Crippen LogP contribution in [0.2, 0.25) is 0 Å². The smallest absolute Gasteiger partial charge is 0.277 e. The highest BCUT2D eigenvalue weighted by Crippen LogP contribution is 2.35. The van der Waals surface area contributed by atoms with Crippen LogP contribution in [0.3, 0.4) is 0 Å². The highest BCUT2D eigenvalue weighted by Gasteiger charge is 2.42. The van der Waals surface area contributed by atoms with Crippen molar-refractivity contribution in [1.29, 1.82) is 0 Å². The minimum atomic E-state index is -0.209. The van der Waals surface area contributed by atoms with Gasteiger partial charge >= 0.3 is 0 Å². The standard InChI is InChI=1S/C18H25N3O3S/c1-19-8-6-13(7-9-19)20(2)16-15(14-5-4-12-25-14)17(22)21(18(16)23)10-11-24-3/h4-5,12-13H,6-11H2,1-3H3. The van der Waals surface area contributed by atoms with Crippen molar-refractivity contribution < 1.29 is 14.3 Å². The second-order valence-electron chi connectivity index (χ2n) is 6.60. The number of nitrogens with zero attached hydrogens (tertiary/aromatic N) is 3. The van der Waals surface area contributed by atoms with E-state index in [0.717, 1.165) is 30.8 Å². The Hall–Kier alpha value is -1.70. The number of hydrogen-bond acceptors (Lipinski definition) is 6. The van der Waals surface area contributed by atoms with Crippen LogP contribution in [0.4, 0.5) is 0 Å². The van der Waals surface area contributed by atoms with Gasteiger partial charge in [-0.25, -0.2) is 0 Å². The molecule has 1 aromatic heterocycles. The van der Waals surface area contributed by atoms with E-state index >= 15 is 0 Å². The monoisotopic (exact) mass is 363 g/mol. The van der Waals surface area contributed by atoms with Gasteiger partial charge in [-0.3, -0.25) is 14.5 Å². The summed E-state index contributed by atoms with van der Waals surface area (Å²) >= 11 is 1.50. The molecule has 0 N–H and O–H groups in total. The van der Waals surface area contributed by atoms with Gasteiger partial charge in [0.2, 0.25) is 0 Å². The molecule has 1 fully saturated rings. The average molecular weight is 363 g/mol. The molecule has 1 saturated heterocycles. The molecular formula is C18H25N3O3S. The number of likely N-dealkylation sites (tertiary alicyclic amines) is 1. The molecule has 3 heterocycles. The lowest BCUT2D eigenvalue weighted by molar-refractivity contribution is -0.138. The lowest BCUT2D eigenvalue weighted by atomic mass is 10.0. The van der Waals surface area contributed by atoms with Crippen molar-refractivity contribution in [3.8, 4) is 0 Å². The summed E-state index contributed by atoms with van der Waals surface area (Å²) in [4.78, 5) is 32.5. The molecule has 3 rings (SSSR count). The SMILES string of the molecule is COCCN1C(=O)C(c2cccs2)=C(N(C)C2CCN(C)CC2)C1=O. The number of likely N-dealkylation sites (N-methyl/N-ethyl adjacent to an activating group) is 1. The first-order chi connectivity index (χ1) is 12.0. The normalized spacial score (nSPS) is 20.0. The third kappa shape index (κ3) is 3.49. The number of piperidine rings is 1. The predicted octanol–water partition coefficient (Wildman–Crippen LogP) is 1.50. The first kappa shape index (κ1) is 18.1. The van der Waals surface area contributed by atoms with Gasteiger partial charge in [0, 0.05) is 25.1 Å². The Morgan fingerprint density at radius 3 is 2.60 bits per heavy atom. The summed E-state index contributed by atoms with van der Waals surface area (Å²) in [6.07, 6.45) is 1.99.